The van der Waals surface area contributed by atoms with E-state index in [0.29, 0.717) is 25.7 Å². The van der Waals surface area contributed by atoms with Crippen LogP contribution in [0.15, 0.2) is 0 Å². The lowest BCUT2D eigenvalue weighted by atomic mass is 10.00. The summed E-state index contributed by atoms with van der Waals surface area (Å²) < 4.78 is 68.0. The van der Waals surface area contributed by atoms with Crippen molar-refractivity contribution in [3.63, 3.8) is 0 Å². The topological polar surface area (TPSA) is 237 Å². The Bertz CT molecular complexity index is 1700. The highest BCUT2D eigenvalue weighted by Crippen LogP contribution is 2.45. The zero-order chi connectivity index (χ0) is 64.3. The molecule has 19 heteroatoms. The first-order chi connectivity index (χ1) is 41.9. The maximum Gasteiger partial charge on any atom is 0.472 e. The van der Waals surface area contributed by atoms with E-state index in [0.717, 1.165) is 108 Å². The third kappa shape index (κ3) is 61.3. The van der Waals surface area contributed by atoms with Gasteiger partial charge >= 0.3 is 39.5 Å². The minimum Gasteiger partial charge on any atom is -0.462 e. The molecule has 6 atom stereocenters. The van der Waals surface area contributed by atoms with Gasteiger partial charge in [-0.15, -0.1) is 0 Å². The van der Waals surface area contributed by atoms with Crippen molar-refractivity contribution in [1.29, 1.82) is 0 Å². The average molecular weight is 1280 g/mol. The Morgan fingerprint density at radius 1 is 0.333 bits per heavy atom. The number of unbranched alkanes of at least 4 members (excludes halogenated alkanes) is 36. The first kappa shape index (κ1) is 85.1. The normalized spacial score (nSPS) is 14.5. The summed E-state index contributed by atoms with van der Waals surface area (Å²) in [5.41, 5.74) is 0. The van der Waals surface area contributed by atoms with Crippen LogP contribution in [0.1, 0.15) is 343 Å². The molecule has 0 aliphatic carbocycles. The predicted octanol–water partition coefficient (Wildman–Crippen LogP) is 19.2. The molecule has 0 spiro atoms. The summed E-state index contributed by atoms with van der Waals surface area (Å²) in [4.78, 5) is 72.1. The van der Waals surface area contributed by atoms with E-state index < -0.39 is 97.5 Å². The Hall–Kier alpha value is -1.94. The van der Waals surface area contributed by atoms with Crippen LogP contribution in [0.25, 0.3) is 0 Å². The average Bonchev–Trinajstić information content (AvgIpc) is 3.69. The van der Waals surface area contributed by atoms with Crippen molar-refractivity contribution in [2.75, 3.05) is 39.6 Å². The van der Waals surface area contributed by atoms with Gasteiger partial charge in [-0.05, 0) is 37.5 Å². The fourth-order valence-corrected chi connectivity index (χ4v) is 11.8. The highest BCUT2D eigenvalue weighted by Gasteiger charge is 2.30. The fourth-order valence-electron chi connectivity index (χ4n) is 10.2. The van der Waals surface area contributed by atoms with E-state index >= 15 is 0 Å². The zero-order valence-corrected chi connectivity index (χ0v) is 58.1. The number of ether oxygens (including phenoxy) is 4. The molecule has 0 aliphatic heterocycles. The number of esters is 4. The molecule has 0 rings (SSSR count). The van der Waals surface area contributed by atoms with Crippen molar-refractivity contribution in [1.82, 2.24) is 0 Å². The van der Waals surface area contributed by atoms with Crippen molar-refractivity contribution in [3.8, 4) is 0 Å². The lowest BCUT2D eigenvalue weighted by molar-refractivity contribution is -0.161. The second kappa shape index (κ2) is 60.3. The molecule has 0 amide bonds. The van der Waals surface area contributed by atoms with Gasteiger partial charge in [0.15, 0.2) is 12.2 Å². The molecule has 17 nitrogen and oxygen atoms in total. The van der Waals surface area contributed by atoms with E-state index in [9.17, 15) is 43.2 Å². The molecule has 0 heterocycles. The maximum atomic E-state index is 13.0. The molecule has 3 unspecified atom stereocenters. The van der Waals surface area contributed by atoms with Gasteiger partial charge in [-0.2, -0.15) is 0 Å². The van der Waals surface area contributed by atoms with Crippen LogP contribution in [-0.4, -0.2) is 96.7 Å². The van der Waals surface area contributed by atoms with Crippen LogP contribution in [0, 0.1) is 11.8 Å². The highest BCUT2D eigenvalue weighted by atomic mass is 31.2. The van der Waals surface area contributed by atoms with Gasteiger partial charge in [0.05, 0.1) is 26.4 Å². The summed E-state index contributed by atoms with van der Waals surface area (Å²) in [7, 11) is -9.89. The van der Waals surface area contributed by atoms with Gasteiger partial charge in [-0.25, -0.2) is 9.13 Å². The van der Waals surface area contributed by atoms with Crippen molar-refractivity contribution in [2.24, 2.45) is 11.8 Å². The fraction of sp³-hybridized carbons (Fsp3) is 0.941. The molecule has 0 saturated carbocycles. The molecule has 0 bridgehead atoms. The van der Waals surface area contributed by atoms with Gasteiger partial charge < -0.3 is 33.8 Å². The van der Waals surface area contributed by atoms with Crippen LogP contribution >= 0.6 is 15.6 Å². The summed E-state index contributed by atoms with van der Waals surface area (Å²) in [6, 6.07) is 0. The van der Waals surface area contributed by atoms with Crippen molar-refractivity contribution in [3.05, 3.63) is 0 Å². The van der Waals surface area contributed by atoms with E-state index in [1.165, 1.54) is 154 Å². The van der Waals surface area contributed by atoms with Crippen LogP contribution in [-0.2, 0) is 65.4 Å². The predicted molar refractivity (Wildman–Crippen MR) is 349 cm³/mol. The van der Waals surface area contributed by atoms with E-state index in [1.807, 2.05) is 0 Å². The van der Waals surface area contributed by atoms with Gasteiger partial charge in [0.1, 0.15) is 19.3 Å². The second-order valence-corrected chi connectivity index (χ2v) is 28.2. The second-order valence-electron chi connectivity index (χ2n) is 25.3. The molecule has 0 saturated heterocycles. The number of phosphoric acid groups is 2. The third-order valence-corrected chi connectivity index (χ3v) is 18.0. The first-order valence-corrected chi connectivity index (χ1v) is 38.5. The summed E-state index contributed by atoms with van der Waals surface area (Å²) in [5, 5.41) is 10.5. The Morgan fingerprint density at radius 2 is 0.586 bits per heavy atom. The molecule has 0 fully saturated rings. The third-order valence-electron chi connectivity index (χ3n) is 16.1. The molecule has 0 aromatic carbocycles. The number of phosphoric ester groups is 2. The maximum absolute atomic E-state index is 13.0. The standard InChI is InChI=1S/C68H132O17P2/c1-7-10-12-14-15-16-17-18-23-26-29-32-39-45-51-66(71)79-57-64(84-67(72)52-46-40-33-30-27-24-21-19-20-22-25-28-31-37-42-48-60(4)5)59-83-87(76,77)81-55-62(69)54-80-86(74,75)82-58-63(56-78-65(70)50-44-36-13-11-8-2)85-68(73)53-47-41-35-34-38-43-49-61(6)9-3/h60-64,69H,7-59H2,1-6H3,(H,74,75)(H,76,77)/t61?,62-,63+,64+/m0/s1. The Morgan fingerprint density at radius 3 is 0.874 bits per heavy atom. The molecular weight excluding hydrogens is 1150 g/mol. The molecule has 3 N–H and O–H groups in total. The van der Waals surface area contributed by atoms with E-state index in [4.69, 9.17) is 37.0 Å². The summed E-state index contributed by atoms with van der Waals surface area (Å²) in [6.45, 7) is 9.42. The number of aliphatic hydroxyl groups excluding tert-OH is 1. The van der Waals surface area contributed by atoms with Crippen molar-refractivity contribution >= 4 is 39.5 Å². The minimum absolute atomic E-state index is 0.102. The van der Waals surface area contributed by atoms with Gasteiger partial charge in [-0.3, -0.25) is 37.3 Å². The minimum atomic E-state index is -4.95. The lowest BCUT2D eigenvalue weighted by Gasteiger charge is -2.21. The van der Waals surface area contributed by atoms with Crippen LogP contribution in [0.5, 0.6) is 0 Å². The molecule has 0 aliphatic rings. The number of rotatable bonds is 67. The van der Waals surface area contributed by atoms with Gasteiger partial charge in [0.25, 0.3) is 0 Å². The van der Waals surface area contributed by atoms with Gasteiger partial charge in [0.2, 0.25) is 0 Å². The van der Waals surface area contributed by atoms with Crippen LogP contribution in [0.3, 0.4) is 0 Å². The van der Waals surface area contributed by atoms with Gasteiger partial charge in [0, 0.05) is 25.7 Å². The lowest BCUT2D eigenvalue weighted by Crippen LogP contribution is -2.30. The monoisotopic (exact) mass is 1280 g/mol. The molecule has 0 aromatic rings. The van der Waals surface area contributed by atoms with Crippen LogP contribution in [0.4, 0.5) is 0 Å². The van der Waals surface area contributed by atoms with Gasteiger partial charge in [-0.1, -0.05) is 292 Å². The van der Waals surface area contributed by atoms with E-state index in [2.05, 4.69) is 41.5 Å². The molecule has 0 aromatic heterocycles. The number of carbonyl (C=O) groups excluding carboxylic acids is 4. The number of carbonyl (C=O) groups is 4. The quantitative estimate of drug-likeness (QED) is 0.0222. The molecular formula is C68H132O17P2. The number of hydrogen-bond donors (Lipinski definition) is 3. The van der Waals surface area contributed by atoms with Crippen molar-refractivity contribution in [2.45, 2.75) is 362 Å². The van der Waals surface area contributed by atoms with E-state index in [1.54, 1.807) is 0 Å². The van der Waals surface area contributed by atoms with E-state index in [-0.39, 0.29) is 25.7 Å². The smallest absolute Gasteiger partial charge is 0.462 e. The molecule has 516 valence electrons. The van der Waals surface area contributed by atoms with Crippen molar-refractivity contribution < 1.29 is 80.2 Å². The first-order valence-electron chi connectivity index (χ1n) is 35.5. The Balaban J connectivity index is 5.16. The summed E-state index contributed by atoms with van der Waals surface area (Å²) in [5.74, 6) is -0.617. The molecule has 0 radical (unpaired) electrons. The zero-order valence-electron chi connectivity index (χ0n) is 56.3. The summed E-state index contributed by atoms with van der Waals surface area (Å²) in [6.07, 6.45) is 44.9. The Kier molecular flexibility index (Phi) is 59.0. The molecule has 87 heavy (non-hydrogen) atoms. The Labute approximate surface area is 530 Å². The summed E-state index contributed by atoms with van der Waals surface area (Å²) >= 11 is 0. The number of hydrogen-bond acceptors (Lipinski definition) is 15. The van der Waals surface area contributed by atoms with Crippen LogP contribution in [0.2, 0.25) is 0 Å². The SMILES string of the molecule is CCCCCCCCCCCCCCCCC(=O)OC[C@H](COP(=O)(O)OC[C@@H](O)COP(=O)(O)OC[C@@H](COC(=O)CCCCCCC)OC(=O)CCCCCCCCC(C)CC)OC(=O)CCCCCCCCCCCCCCCCCC(C)C. The number of aliphatic hydroxyl groups is 1. The van der Waals surface area contributed by atoms with Crippen LogP contribution < -0.4 is 0 Å². The largest absolute Gasteiger partial charge is 0.472 e. The highest BCUT2D eigenvalue weighted by molar-refractivity contribution is 7.47.